The first kappa shape index (κ1) is 7.88. The third kappa shape index (κ3) is 1.88. The van der Waals surface area contributed by atoms with E-state index in [1.807, 2.05) is 6.92 Å². The monoisotopic (exact) mass is 151 g/mol. The lowest BCUT2D eigenvalue weighted by molar-refractivity contribution is -0.173. The molecular weight excluding hydrogens is 140 g/mol. The average molecular weight is 151 g/mol. The Morgan fingerprint density at radius 3 is 2.70 bits per heavy atom. The molecule has 1 aliphatic rings. The number of ether oxygens (including phenoxy) is 1. The first-order valence-electron chi connectivity index (χ1n) is 3.29. The Labute approximate surface area is 58.6 Å². The van der Waals surface area contributed by atoms with Gasteiger partial charge in [0.05, 0.1) is 13.2 Å². The quantitative estimate of drug-likeness (QED) is 0.554. The first-order chi connectivity index (χ1) is 4.62. The smallest absolute Gasteiger partial charge is 0.0696 e. The minimum atomic E-state index is -0.769. The molecule has 0 N–H and O–H groups in total. The van der Waals surface area contributed by atoms with Gasteiger partial charge in [0, 0.05) is 17.4 Å². The van der Waals surface area contributed by atoms with E-state index in [4.69, 9.17) is 4.74 Å². The highest BCUT2D eigenvalue weighted by Gasteiger charge is 2.32. The normalized spacial score (nSPS) is 33.6. The fourth-order valence-electron chi connectivity index (χ4n) is 1.12. The fraction of sp³-hybridized carbons (Fsp3) is 1.00. The van der Waals surface area contributed by atoms with Gasteiger partial charge in [0.15, 0.2) is 0 Å². The molecule has 1 saturated heterocycles. The van der Waals surface area contributed by atoms with Gasteiger partial charge in [0.1, 0.15) is 0 Å². The van der Waals surface area contributed by atoms with Crippen molar-refractivity contribution in [3.63, 3.8) is 0 Å². The van der Waals surface area contributed by atoms with Crippen LogP contribution in [0.3, 0.4) is 0 Å². The highest BCUT2D eigenvalue weighted by atomic mass is 19.4. The molecule has 1 unspecified atom stereocenters. The second kappa shape index (κ2) is 2.80. The summed E-state index contributed by atoms with van der Waals surface area (Å²) in [5, 5.41) is -0.769. The van der Waals surface area contributed by atoms with Crippen LogP contribution in [-0.2, 0) is 4.74 Å². The predicted molar refractivity (Wildman–Crippen MR) is 32.5 cm³/mol. The zero-order valence-corrected chi connectivity index (χ0v) is 5.94. The molecule has 60 valence electrons. The van der Waals surface area contributed by atoms with Crippen LogP contribution in [0.2, 0.25) is 0 Å². The Hall–Kier alpha value is -0.220. The summed E-state index contributed by atoms with van der Waals surface area (Å²) >= 11 is 0. The van der Waals surface area contributed by atoms with Gasteiger partial charge < -0.3 is 4.74 Å². The summed E-state index contributed by atoms with van der Waals surface area (Å²) in [6.07, 6.45) is 0.733. The topological polar surface area (TPSA) is 12.5 Å². The van der Waals surface area contributed by atoms with Gasteiger partial charge in [-0.1, -0.05) is 6.92 Å². The van der Waals surface area contributed by atoms with E-state index in [9.17, 15) is 8.96 Å². The summed E-state index contributed by atoms with van der Waals surface area (Å²) in [6, 6.07) is 0. The van der Waals surface area contributed by atoms with Gasteiger partial charge >= 0.3 is 0 Å². The van der Waals surface area contributed by atoms with Crippen molar-refractivity contribution in [3.8, 4) is 0 Å². The van der Waals surface area contributed by atoms with E-state index in [0.29, 0.717) is 13.2 Å². The molecule has 0 spiro atoms. The molecule has 1 atom stereocenters. The maximum Gasteiger partial charge on any atom is 0.0696 e. The van der Waals surface area contributed by atoms with Crippen molar-refractivity contribution in [1.29, 1.82) is 0 Å². The van der Waals surface area contributed by atoms with Crippen molar-refractivity contribution < 1.29 is 13.7 Å². The molecule has 0 aromatic carbocycles. The van der Waals surface area contributed by atoms with Crippen LogP contribution in [0.15, 0.2) is 0 Å². The van der Waals surface area contributed by atoms with Gasteiger partial charge in [0.2, 0.25) is 0 Å². The maximum absolute atomic E-state index is 11.7. The molecule has 0 saturated carbocycles. The van der Waals surface area contributed by atoms with Crippen LogP contribution in [0.4, 0.5) is 8.96 Å². The minimum Gasteiger partial charge on any atom is -0.381 e. The van der Waals surface area contributed by atoms with Crippen molar-refractivity contribution in [2.75, 3.05) is 19.8 Å². The van der Waals surface area contributed by atoms with Crippen molar-refractivity contribution in [1.82, 2.24) is 5.34 Å². The molecule has 0 aromatic heterocycles. The lowest BCUT2D eigenvalue weighted by Crippen LogP contribution is -2.27. The highest BCUT2D eigenvalue weighted by molar-refractivity contribution is 4.78. The van der Waals surface area contributed by atoms with E-state index >= 15 is 0 Å². The van der Waals surface area contributed by atoms with E-state index in [1.54, 1.807) is 0 Å². The summed E-state index contributed by atoms with van der Waals surface area (Å²) in [5.74, 6) is 0. The van der Waals surface area contributed by atoms with Crippen LogP contribution in [-0.4, -0.2) is 25.1 Å². The molecule has 1 aliphatic heterocycles. The predicted octanol–water partition coefficient (Wildman–Crippen LogP) is 1.48. The van der Waals surface area contributed by atoms with Crippen LogP contribution in [0.5, 0.6) is 0 Å². The molecule has 10 heavy (non-hydrogen) atoms. The van der Waals surface area contributed by atoms with Crippen LogP contribution in [0.1, 0.15) is 13.3 Å². The Morgan fingerprint density at radius 2 is 2.30 bits per heavy atom. The standard InChI is InChI=1S/C6H11F2NO/c1-6(4-9(7)8)2-3-10-5-6/h2-5H2,1H3. The summed E-state index contributed by atoms with van der Waals surface area (Å²) in [4.78, 5) is 0. The van der Waals surface area contributed by atoms with Crippen molar-refractivity contribution in [2.45, 2.75) is 13.3 Å². The molecule has 0 radical (unpaired) electrons. The van der Waals surface area contributed by atoms with E-state index < -0.39 is 5.34 Å². The summed E-state index contributed by atoms with van der Waals surface area (Å²) in [5.41, 5.74) is -0.330. The Bertz CT molecular complexity index is 112. The fourth-order valence-corrected chi connectivity index (χ4v) is 1.12. The molecule has 2 nitrogen and oxygen atoms in total. The Balaban J connectivity index is 2.36. The largest absolute Gasteiger partial charge is 0.381 e. The van der Waals surface area contributed by atoms with Gasteiger partial charge in [-0.2, -0.15) is 0 Å². The molecule has 0 aliphatic carbocycles. The maximum atomic E-state index is 11.7. The summed E-state index contributed by atoms with van der Waals surface area (Å²) in [6.45, 7) is 2.70. The molecular formula is C6H11F2NO. The van der Waals surface area contributed by atoms with Gasteiger partial charge in [-0.15, -0.1) is 8.96 Å². The number of rotatable bonds is 2. The Morgan fingerprint density at radius 1 is 1.60 bits per heavy atom. The second-order valence-electron chi connectivity index (χ2n) is 3.07. The van der Waals surface area contributed by atoms with Crippen LogP contribution in [0.25, 0.3) is 0 Å². The van der Waals surface area contributed by atoms with Crippen molar-refractivity contribution >= 4 is 0 Å². The third-order valence-corrected chi connectivity index (χ3v) is 1.80. The number of nitrogens with zero attached hydrogens (tertiary/aromatic N) is 1. The molecule has 0 aromatic rings. The molecule has 1 rings (SSSR count). The van der Waals surface area contributed by atoms with Gasteiger partial charge in [-0.05, 0) is 6.42 Å². The molecule has 0 bridgehead atoms. The van der Waals surface area contributed by atoms with Gasteiger partial charge in [0.25, 0.3) is 0 Å². The molecule has 1 heterocycles. The van der Waals surface area contributed by atoms with E-state index in [0.717, 1.165) is 6.42 Å². The summed E-state index contributed by atoms with van der Waals surface area (Å²) in [7, 11) is 0. The average Bonchev–Trinajstić information content (AvgIpc) is 2.12. The second-order valence-corrected chi connectivity index (χ2v) is 3.07. The molecule has 0 amide bonds. The van der Waals surface area contributed by atoms with E-state index in [-0.39, 0.29) is 12.0 Å². The highest BCUT2D eigenvalue weighted by Crippen LogP contribution is 2.28. The molecule has 4 heteroatoms. The summed E-state index contributed by atoms with van der Waals surface area (Å²) < 4.78 is 28.4. The Kier molecular flexibility index (Phi) is 2.21. The van der Waals surface area contributed by atoms with Crippen LogP contribution >= 0.6 is 0 Å². The third-order valence-electron chi connectivity index (χ3n) is 1.80. The van der Waals surface area contributed by atoms with Crippen molar-refractivity contribution in [2.24, 2.45) is 5.41 Å². The minimum absolute atomic E-state index is 0.188. The first-order valence-corrected chi connectivity index (χ1v) is 3.29. The number of hydrogen-bond acceptors (Lipinski definition) is 2. The van der Waals surface area contributed by atoms with Crippen molar-refractivity contribution in [3.05, 3.63) is 0 Å². The lowest BCUT2D eigenvalue weighted by Gasteiger charge is -2.20. The number of hydrogen-bond donors (Lipinski definition) is 0. The zero-order valence-electron chi connectivity index (χ0n) is 5.94. The van der Waals surface area contributed by atoms with Crippen LogP contribution < -0.4 is 0 Å². The SMILES string of the molecule is CC1(CN(F)F)CCOC1. The van der Waals surface area contributed by atoms with Gasteiger partial charge in [-0.25, -0.2) is 0 Å². The van der Waals surface area contributed by atoms with Crippen LogP contribution in [0, 0.1) is 5.41 Å². The van der Waals surface area contributed by atoms with E-state index in [1.165, 1.54) is 0 Å². The zero-order chi connectivity index (χ0) is 7.61. The lowest BCUT2D eigenvalue weighted by atomic mass is 9.90. The van der Waals surface area contributed by atoms with Gasteiger partial charge in [-0.3, -0.25) is 0 Å². The molecule has 1 fully saturated rings. The van der Waals surface area contributed by atoms with E-state index in [2.05, 4.69) is 0 Å². The number of halogens is 2.